The predicted molar refractivity (Wildman–Crippen MR) is 88.5 cm³/mol. The lowest BCUT2D eigenvalue weighted by atomic mass is 10.1. The van der Waals surface area contributed by atoms with Crippen LogP contribution in [0.1, 0.15) is 30.0 Å². The van der Waals surface area contributed by atoms with E-state index in [0.29, 0.717) is 13.0 Å². The van der Waals surface area contributed by atoms with E-state index in [1.165, 1.54) is 5.56 Å². The van der Waals surface area contributed by atoms with Crippen molar-refractivity contribution in [2.24, 2.45) is 0 Å². The first-order valence-corrected chi connectivity index (χ1v) is 7.62. The van der Waals surface area contributed by atoms with Gasteiger partial charge in [-0.25, -0.2) is 0 Å². The van der Waals surface area contributed by atoms with E-state index in [1.807, 2.05) is 24.3 Å². The van der Waals surface area contributed by atoms with Crippen LogP contribution in [0, 0.1) is 6.92 Å². The van der Waals surface area contributed by atoms with E-state index in [1.54, 1.807) is 14.0 Å². The second-order valence-corrected chi connectivity index (χ2v) is 5.61. The zero-order valence-electron chi connectivity index (χ0n) is 13.5. The maximum absolute atomic E-state index is 9.50. The molecule has 0 aliphatic heterocycles. The molecule has 3 heteroatoms. The number of rotatable bonds is 7. The minimum absolute atomic E-state index is 0.323. The van der Waals surface area contributed by atoms with Crippen LogP contribution in [-0.4, -0.2) is 18.3 Å². The average molecular weight is 300 g/mol. The fraction of sp³-hybridized carbons (Fsp3) is 0.368. The topological polar surface area (TPSA) is 38.7 Å². The fourth-order valence-electron chi connectivity index (χ4n) is 2.40. The molecular weight excluding hydrogens is 276 g/mol. The van der Waals surface area contributed by atoms with Crippen molar-refractivity contribution in [3.63, 3.8) is 0 Å². The highest BCUT2D eigenvalue weighted by Gasteiger charge is 2.11. The molecule has 1 N–H and O–H groups in total. The van der Waals surface area contributed by atoms with Gasteiger partial charge in [-0.3, -0.25) is 0 Å². The standard InChI is InChI=1S/C19H24O3/c1-14-6-4-7-16(12-14)13-22-19-17(11-10-15(2)20)8-5-9-18(19)21-3/h4-9,12,15,20H,10-11,13H2,1-3H3. The summed E-state index contributed by atoms with van der Waals surface area (Å²) in [6.45, 7) is 4.37. The van der Waals surface area contributed by atoms with Gasteiger partial charge in [0.15, 0.2) is 11.5 Å². The summed E-state index contributed by atoms with van der Waals surface area (Å²) in [5.41, 5.74) is 3.41. The summed E-state index contributed by atoms with van der Waals surface area (Å²) >= 11 is 0. The molecule has 0 saturated carbocycles. The van der Waals surface area contributed by atoms with Gasteiger partial charge in [0.05, 0.1) is 13.2 Å². The summed E-state index contributed by atoms with van der Waals surface area (Å²) in [6.07, 6.45) is 1.14. The highest BCUT2D eigenvalue weighted by Crippen LogP contribution is 2.32. The number of hydrogen-bond acceptors (Lipinski definition) is 3. The van der Waals surface area contributed by atoms with Gasteiger partial charge in [-0.1, -0.05) is 42.0 Å². The maximum atomic E-state index is 9.50. The molecule has 0 spiro atoms. The molecule has 2 rings (SSSR count). The number of ether oxygens (including phenoxy) is 2. The van der Waals surface area contributed by atoms with Gasteiger partial charge < -0.3 is 14.6 Å². The number of benzene rings is 2. The van der Waals surface area contributed by atoms with Crippen molar-refractivity contribution in [2.75, 3.05) is 7.11 Å². The first-order valence-electron chi connectivity index (χ1n) is 7.62. The molecule has 0 aliphatic carbocycles. The van der Waals surface area contributed by atoms with Crippen LogP contribution >= 0.6 is 0 Å². The summed E-state index contributed by atoms with van der Waals surface area (Å²) in [4.78, 5) is 0. The Hall–Kier alpha value is -2.00. The quantitative estimate of drug-likeness (QED) is 0.843. The molecule has 0 bridgehead atoms. The number of aliphatic hydroxyl groups excluding tert-OH is 1. The third kappa shape index (κ3) is 4.50. The lowest BCUT2D eigenvalue weighted by Crippen LogP contribution is -2.05. The molecule has 0 amide bonds. The first-order chi connectivity index (χ1) is 10.6. The van der Waals surface area contributed by atoms with Gasteiger partial charge in [0.2, 0.25) is 0 Å². The van der Waals surface area contributed by atoms with Gasteiger partial charge >= 0.3 is 0 Å². The van der Waals surface area contributed by atoms with Gasteiger partial charge in [-0.05, 0) is 43.9 Å². The van der Waals surface area contributed by atoms with E-state index >= 15 is 0 Å². The highest BCUT2D eigenvalue weighted by molar-refractivity contribution is 5.47. The average Bonchev–Trinajstić information content (AvgIpc) is 2.51. The molecule has 0 aliphatic rings. The van der Waals surface area contributed by atoms with Crippen molar-refractivity contribution in [1.82, 2.24) is 0 Å². The van der Waals surface area contributed by atoms with Gasteiger partial charge in [0.1, 0.15) is 6.61 Å². The summed E-state index contributed by atoms with van der Waals surface area (Å²) in [7, 11) is 1.65. The normalized spacial score (nSPS) is 12.0. The molecular formula is C19H24O3. The second kappa shape index (κ2) is 7.85. The Bertz CT molecular complexity index is 605. The Kier molecular flexibility index (Phi) is 5.84. The first kappa shape index (κ1) is 16.4. The SMILES string of the molecule is COc1cccc(CCC(C)O)c1OCc1cccc(C)c1. The number of aryl methyl sites for hydroxylation is 2. The Labute approximate surface area is 132 Å². The minimum atomic E-state index is -0.323. The van der Waals surface area contributed by atoms with E-state index in [9.17, 15) is 5.11 Å². The predicted octanol–water partition coefficient (Wildman–Crippen LogP) is 3.90. The van der Waals surface area contributed by atoms with Crippen molar-refractivity contribution in [3.8, 4) is 11.5 Å². The molecule has 22 heavy (non-hydrogen) atoms. The summed E-state index contributed by atoms with van der Waals surface area (Å²) in [5.74, 6) is 1.50. The van der Waals surface area contributed by atoms with E-state index < -0.39 is 0 Å². The molecule has 3 nitrogen and oxygen atoms in total. The van der Waals surface area contributed by atoms with Crippen LogP contribution in [0.4, 0.5) is 0 Å². The van der Waals surface area contributed by atoms with Gasteiger partial charge in [-0.2, -0.15) is 0 Å². The Balaban J connectivity index is 2.16. The number of aliphatic hydroxyl groups is 1. The molecule has 2 aromatic rings. The molecule has 1 unspecified atom stereocenters. The van der Waals surface area contributed by atoms with Gasteiger partial charge in [-0.15, -0.1) is 0 Å². The van der Waals surface area contributed by atoms with Crippen molar-refractivity contribution in [1.29, 1.82) is 0 Å². The Morgan fingerprint density at radius 1 is 1.14 bits per heavy atom. The molecule has 0 saturated heterocycles. The molecule has 0 fully saturated rings. The summed E-state index contributed by atoms with van der Waals surface area (Å²) < 4.78 is 11.4. The molecule has 0 radical (unpaired) electrons. The van der Waals surface area contributed by atoms with Crippen LogP contribution in [0.25, 0.3) is 0 Å². The van der Waals surface area contributed by atoms with Crippen molar-refractivity contribution in [2.45, 2.75) is 39.4 Å². The number of para-hydroxylation sites is 1. The van der Waals surface area contributed by atoms with Crippen molar-refractivity contribution < 1.29 is 14.6 Å². The minimum Gasteiger partial charge on any atom is -0.493 e. The van der Waals surface area contributed by atoms with Crippen LogP contribution in [0.3, 0.4) is 0 Å². The zero-order chi connectivity index (χ0) is 15.9. The largest absolute Gasteiger partial charge is 0.493 e. The molecule has 1 atom stereocenters. The van der Waals surface area contributed by atoms with Crippen LogP contribution in [0.15, 0.2) is 42.5 Å². The number of hydrogen-bond donors (Lipinski definition) is 1. The number of methoxy groups -OCH3 is 1. The Morgan fingerprint density at radius 3 is 2.59 bits per heavy atom. The monoisotopic (exact) mass is 300 g/mol. The molecule has 2 aromatic carbocycles. The van der Waals surface area contributed by atoms with Crippen LogP contribution in [-0.2, 0) is 13.0 Å². The highest BCUT2D eigenvalue weighted by atomic mass is 16.5. The van der Waals surface area contributed by atoms with Gasteiger partial charge in [0.25, 0.3) is 0 Å². The third-order valence-electron chi connectivity index (χ3n) is 3.58. The molecule has 0 aromatic heterocycles. The molecule has 0 heterocycles. The van der Waals surface area contributed by atoms with Crippen LogP contribution < -0.4 is 9.47 Å². The maximum Gasteiger partial charge on any atom is 0.164 e. The van der Waals surface area contributed by atoms with Crippen LogP contribution in [0.5, 0.6) is 11.5 Å². The smallest absolute Gasteiger partial charge is 0.164 e. The van der Waals surface area contributed by atoms with E-state index in [-0.39, 0.29) is 6.10 Å². The molecule has 118 valence electrons. The van der Waals surface area contributed by atoms with Crippen molar-refractivity contribution >= 4 is 0 Å². The summed E-state index contributed by atoms with van der Waals surface area (Å²) in [5, 5.41) is 9.50. The van der Waals surface area contributed by atoms with E-state index in [4.69, 9.17) is 9.47 Å². The fourth-order valence-corrected chi connectivity index (χ4v) is 2.40. The van der Waals surface area contributed by atoms with Crippen molar-refractivity contribution in [3.05, 3.63) is 59.2 Å². The lowest BCUT2D eigenvalue weighted by molar-refractivity contribution is 0.184. The van der Waals surface area contributed by atoms with Crippen LogP contribution in [0.2, 0.25) is 0 Å². The second-order valence-electron chi connectivity index (χ2n) is 5.61. The lowest BCUT2D eigenvalue weighted by Gasteiger charge is -2.16. The van der Waals surface area contributed by atoms with Gasteiger partial charge in [0, 0.05) is 0 Å². The zero-order valence-corrected chi connectivity index (χ0v) is 13.5. The summed E-state index contributed by atoms with van der Waals surface area (Å²) in [6, 6.07) is 14.2. The third-order valence-corrected chi connectivity index (χ3v) is 3.58. The van der Waals surface area contributed by atoms with E-state index in [2.05, 4.69) is 25.1 Å². The Morgan fingerprint density at radius 2 is 1.91 bits per heavy atom. The van der Waals surface area contributed by atoms with E-state index in [0.717, 1.165) is 29.0 Å².